The zero-order valence-electron chi connectivity index (χ0n) is 18.3. The number of aliphatic carboxylic acids is 2. The van der Waals surface area contributed by atoms with Crippen molar-refractivity contribution >= 4 is 42.3 Å². The van der Waals surface area contributed by atoms with Gasteiger partial charge in [0.2, 0.25) is 17.7 Å². The number of amides is 3. The zero-order valence-corrected chi connectivity index (χ0v) is 19.2. The molecule has 0 radical (unpaired) electrons. The highest BCUT2D eigenvalue weighted by atomic mass is 32.1. The lowest BCUT2D eigenvalue weighted by Crippen LogP contribution is -2.59. The largest absolute Gasteiger partial charge is 0.481 e. The number of hydrogen-bond acceptors (Lipinski definition) is 8. The summed E-state index contributed by atoms with van der Waals surface area (Å²) in [4.78, 5) is 67.1. The molecule has 5 unspecified atom stereocenters. The quantitative estimate of drug-likeness (QED) is 0.140. The molecule has 0 bridgehead atoms. The number of hydrogen-bond donors (Lipinski definition) is 8. The Labute approximate surface area is 195 Å². The molecule has 184 valence electrons. The van der Waals surface area contributed by atoms with Gasteiger partial charge in [0.1, 0.15) is 18.1 Å². The van der Waals surface area contributed by atoms with Crippen molar-refractivity contribution < 1.29 is 34.2 Å². The number of nitrogens with zero attached hydrogens (tertiary/aromatic N) is 1. The average molecular weight is 487 g/mol. The topological polar surface area (TPSA) is 217 Å². The molecule has 14 heteroatoms. The molecule has 0 aliphatic carbocycles. The Morgan fingerprint density at radius 2 is 1.73 bits per heavy atom. The lowest BCUT2D eigenvalue weighted by Gasteiger charge is -2.27. The summed E-state index contributed by atoms with van der Waals surface area (Å²) < 4.78 is 0. The summed E-state index contributed by atoms with van der Waals surface area (Å²) in [6.07, 6.45) is 2.42. The van der Waals surface area contributed by atoms with Gasteiger partial charge in [0.15, 0.2) is 0 Å². The van der Waals surface area contributed by atoms with Crippen molar-refractivity contribution in [1.82, 2.24) is 25.9 Å². The van der Waals surface area contributed by atoms with Gasteiger partial charge in [-0.05, 0) is 5.92 Å². The maximum atomic E-state index is 12.9. The normalized spacial score (nSPS) is 15.4. The molecule has 0 fully saturated rings. The number of aromatic amines is 1. The van der Waals surface area contributed by atoms with Crippen molar-refractivity contribution in [3.63, 3.8) is 0 Å². The number of rotatable bonds is 14. The van der Waals surface area contributed by atoms with Crippen LogP contribution in [0.15, 0.2) is 12.5 Å². The summed E-state index contributed by atoms with van der Waals surface area (Å²) in [5.41, 5.74) is 6.04. The number of aromatic nitrogens is 2. The van der Waals surface area contributed by atoms with E-state index in [0.29, 0.717) is 12.1 Å². The Morgan fingerprint density at radius 3 is 2.21 bits per heavy atom. The highest BCUT2D eigenvalue weighted by Gasteiger charge is 2.33. The maximum Gasteiger partial charge on any atom is 0.326 e. The molecule has 0 aliphatic heterocycles. The monoisotopic (exact) mass is 486 g/mol. The fraction of sp³-hybridized carbons (Fsp3) is 0.579. The van der Waals surface area contributed by atoms with Gasteiger partial charge >= 0.3 is 11.9 Å². The standard InChI is InChI=1S/C19H30N6O7S/c1-3-9(2)15(18(30)24-13(19(31)32)4-10-6-21-8-22-10)25-17(29)12(5-14(26)27)23-16(28)11(20)7-33/h6,8-9,11-13,15,33H,3-5,7,20H2,1-2H3,(H,21,22)(H,23,28)(H,24,30)(H,25,29)(H,26,27)(H,31,32). The van der Waals surface area contributed by atoms with E-state index in [2.05, 4.69) is 38.5 Å². The van der Waals surface area contributed by atoms with Crippen LogP contribution in [0, 0.1) is 5.92 Å². The molecular weight excluding hydrogens is 456 g/mol. The first-order valence-corrected chi connectivity index (χ1v) is 10.8. The number of carboxylic acids is 2. The van der Waals surface area contributed by atoms with Gasteiger partial charge in [0, 0.05) is 24.1 Å². The van der Waals surface area contributed by atoms with Crippen LogP contribution in [-0.4, -0.2) is 79.8 Å². The van der Waals surface area contributed by atoms with E-state index in [-0.39, 0.29) is 12.2 Å². The molecule has 1 heterocycles. The van der Waals surface area contributed by atoms with Crippen LogP contribution in [0.2, 0.25) is 0 Å². The van der Waals surface area contributed by atoms with Crippen LogP contribution >= 0.6 is 12.6 Å². The number of imidazole rings is 1. The van der Waals surface area contributed by atoms with Crippen LogP contribution < -0.4 is 21.7 Å². The Hall–Kier alpha value is -3.13. The highest BCUT2D eigenvalue weighted by Crippen LogP contribution is 2.10. The molecule has 0 spiro atoms. The average Bonchev–Trinajstić information content (AvgIpc) is 3.27. The smallest absolute Gasteiger partial charge is 0.326 e. The molecular formula is C19H30N6O7S. The second kappa shape index (κ2) is 13.4. The molecule has 8 N–H and O–H groups in total. The number of nitrogens with one attached hydrogen (secondary N) is 4. The van der Waals surface area contributed by atoms with Crippen molar-refractivity contribution in [2.24, 2.45) is 11.7 Å². The minimum absolute atomic E-state index is 0.0297. The number of carbonyl (C=O) groups excluding carboxylic acids is 3. The maximum absolute atomic E-state index is 12.9. The molecule has 33 heavy (non-hydrogen) atoms. The van der Waals surface area contributed by atoms with Crippen LogP contribution in [0.1, 0.15) is 32.4 Å². The summed E-state index contributed by atoms with van der Waals surface area (Å²) in [6.45, 7) is 3.43. The van der Waals surface area contributed by atoms with Crippen molar-refractivity contribution in [2.75, 3.05) is 5.75 Å². The van der Waals surface area contributed by atoms with E-state index in [0.717, 1.165) is 0 Å². The van der Waals surface area contributed by atoms with Crippen LogP contribution in [0.25, 0.3) is 0 Å². The molecule has 0 aliphatic rings. The van der Waals surface area contributed by atoms with E-state index >= 15 is 0 Å². The SMILES string of the molecule is CCC(C)C(NC(=O)C(CC(=O)O)NC(=O)C(N)CS)C(=O)NC(Cc1cnc[nH]1)C(=O)O. The van der Waals surface area contributed by atoms with Crippen molar-refractivity contribution in [1.29, 1.82) is 0 Å². The third-order valence-electron chi connectivity index (χ3n) is 4.93. The summed E-state index contributed by atoms with van der Waals surface area (Å²) in [6, 6.07) is -5.05. The van der Waals surface area contributed by atoms with Crippen molar-refractivity contribution in [3.8, 4) is 0 Å². The lowest BCUT2D eigenvalue weighted by atomic mass is 9.97. The van der Waals surface area contributed by atoms with Crippen molar-refractivity contribution in [2.45, 2.75) is 57.3 Å². The van der Waals surface area contributed by atoms with E-state index in [1.807, 2.05) is 0 Å². The van der Waals surface area contributed by atoms with E-state index in [9.17, 15) is 29.1 Å². The summed E-state index contributed by atoms with van der Waals surface area (Å²) >= 11 is 3.89. The predicted octanol–water partition coefficient (Wildman–Crippen LogP) is -1.73. The summed E-state index contributed by atoms with van der Waals surface area (Å²) in [5, 5.41) is 25.7. The fourth-order valence-corrected chi connectivity index (χ4v) is 2.94. The van der Waals surface area contributed by atoms with Gasteiger partial charge in [0.25, 0.3) is 0 Å². The van der Waals surface area contributed by atoms with E-state index < -0.39 is 66.2 Å². The van der Waals surface area contributed by atoms with E-state index in [1.165, 1.54) is 12.5 Å². The van der Waals surface area contributed by atoms with Gasteiger partial charge in [-0.2, -0.15) is 12.6 Å². The minimum atomic E-state index is -1.50. The number of thiol groups is 1. The Bertz CT molecular complexity index is 835. The molecule has 13 nitrogen and oxygen atoms in total. The summed E-state index contributed by atoms with van der Waals surface area (Å²) in [7, 11) is 0. The number of carboxylic acid groups (broad SMARTS) is 2. The Morgan fingerprint density at radius 1 is 1.09 bits per heavy atom. The van der Waals surface area contributed by atoms with Crippen LogP contribution in [0.4, 0.5) is 0 Å². The van der Waals surface area contributed by atoms with Gasteiger partial charge in [-0.15, -0.1) is 0 Å². The lowest BCUT2D eigenvalue weighted by molar-refractivity contribution is -0.143. The summed E-state index contributed by atoms with van der Waals surface area (Å²) in [5.74, 6) is -5.57. The van der Waals surface area contributed by atoms with Crippen LogP contribution in [0.3, 0.4) is 0 Å². The van der Waals surface area contributed by atoms with Gasteiger partial charge < -0.3 is 36.9 Å². The Kier molecular flexibility index (Phi) is 11.4. The Balaban J connectivity index is 3.00. The molecule has 0 saturated heterocycles. The first-order valence-electron chi connectivity index (χ1n) is 10.2. The first kappa shape index (κ1) is 27.9. The van der Waals surface area contributed by atoms with Gasteiger partial charge in [0.05, 0.1) is 18.8 Å². The highest BCUT2D eigenvalue weighted by molar-refractivity contribution is 7.80. The third kappa shape index (κ3) is 9.10. The molecule has 0 aromatic carbocycles. The third-order valence-corrected chi connectivity index (χ3v) is 5.33. The predicted molar refractivity (Wildman–Crippen MR) is 119 cm³/mol. The number of nitrogens with two attached hydrogens (primary N) is 1. The zero-order chi connectivity index (χ0) is 25.1. The van der Waals surface area contributed by atoms with Crippen LogP contribution in [-0.2, 0) is 30.4 Å². The molecule has 1 aromatic rings. The van der Waals surface area contributed by atoms with Gasteiger partial charge in [-0.3, -0.25) is 19.2 Å². The molecule has 1 aromatic heterocycles. The van der Waals surface area contributed by atoms with Gasteiger partial charge in [-0.25, -0.2) is 9.78 Å². The molecule has 5 atom stereocenters. The fourth-order valence-electron chi connectivity index (χ4n) is 2.78. The first-order chi connectivity index (χ1) is 15.5. The molecule has 3 amide bonds. The van der Waals surface area contributed by atoms with Crippen molar-refractivity contribution in [3.05, 3.63) is 18.2 Å². The number of carbonyl (C=O) groups is 5. The molecule has 0 saturated carbocycles. The number of H-pyrrole nitrogens is 1. The van der Waals surface area contributed by atoms with E-state index in [4.69, 9.17) is 10.8 Å². The minimum Gasteiger partial charge on any atom is -0.481 e. The van der Waals surface area contributed by atoms with E-state index in [1.54, 1.807) is 13.8 Å². The second-order valence-electron chi connectivity index (χ2n) is 7.50. The molecule has 1 rings (SSSR count). The van der Waals surface area contributed by atoms with Crippen LogP contribution in [0.5, 0.6) is 0 Å². The second-order valence-corrected chi connectivity index (χ2v) is 7.87. The van der Waals surface area contributed by atoms with Gasteiger partial charge in [-0.1, -0.05) is 20.3 Å².